The zero-order valence-electron chi connectivity index (χ0n) is 17.0. The Bertz CT molecular complexity index is 929. The SMILES string of the molecule is C=CC1=C(C=C)C(c2cccc(C)c2C)=C(C=C)N(C)/C(=C/C=C\C)C1=C. The summed E-state index contributed by atoms with van der Waals surface area (Å²) in [5.74, 6) is 0. The van der Waals surface area contributed by atoms with E-state index in [-0.39, 0.29) is 0 Å². The molecule has 0 aromatic heterocycles. The third-order valence-electron chi connectivity index (χ3n) is 5.09. The molecule has 0 radical (unpaired) electrons. The Morgan fingerprint density at radius 2 is 1.63 bits per heavy atom. The van der Waals surface area contributed by atoms with Crippen LogP contribution in [0.2, 0.25) is 0 Å². The maximum absolute atomic E-state index is 4.36. The van der Waals surface area contributed by atoms with Gasteiger partial charge in [-0.1, -0.05) is 68.8 Å². The maximum Gasteiger partial charge on any atom is 0.0488 e. The summed E-state index contributed by atoms with van der Waals surface area (Å²) in [5, 5.41) is 0. The Labute approximate surface area is 164 Å². The number of benzene rings is 1. The molecule has 27 heavy (non-hydrogen) atoms. The number of hydrogen-bond donors (Lipinski definition) is 0. The summed E-state index contributed by atoms with van der Waals surface area (Å²) in [6, 6.07) is 6.38. The van der Waals surface area contributed by atoms with E-state index in [1.165, 1.54) is 16.7 Å². The van der Waals surface area contributed by atoms with Crippen molar-refractivity contribution in [3.63, 3.8) is 0 Å². The van der Waals surface area contributed by atoms with Crippen molar-refractivity contribution >= 4 is 5.57 Å². The quantitative estimate of drug-likeness (QED) is 0.559. The lowest BCUT2D eigenvalue weighted by atomic mass is 9.87. The van der Waals surface area contributed by atoms with Crippen molar-refractivity contribution in [2.45, 2.75) is 20.8 Å². The molecule has 1 aromatic rings. The zero-order valence-corrected chi connectivity index (χ0v) is 17.0. The second kappa shape index (κ2) is 8.55. The van der Waals surface area contributed by atoms with E-state index < -0.39 is 0 Å². The standard InChI is InChI=1S/C26H29N/c1-9-13-17-25-20(7)21(10-2)22(11-3)26(24(12-4)27(25)8)23-16-14-15-18(5)19(23)6/h9-17H,2-4,7H2,1,5-6,8H3/b13-9-,25-17+. The molecule has 0 bridgehead atoms. The minimum Gasteiger partial charge on any atom is -0.344 e. The summed E-state index contributed by atoms with van der Waals surface area (Å²) in [7, 11) is 2.05. The maximum atomic E-state index is 4.36. The molecule has 0 saturated heterocycles. The van der Waals surface area contributed by atoms with Gasteiger partial charge >= 0.3 is 0 Å². The van der Waals surface area contributed by atoms with Gasteiger partial charge < -0.3 is 4.90 Å². The molecular weight excluding hydrogens is 326 g/mol. The van der Waals surface area contributed by atoms with E-state index in [0.29, 0.717) is 0 Å². The fourth-order valence-electron chi connectivity index (χ4n) is 3.46. The molecule has 0 spiro atoms. The van der Waals surface area contributed by atoms with Gasteiger partial charge in [0.1, 0.15) is 0 Å². The molecule has 0 saturated carbocycles. The number of likely N-dealkylation sites (N-methyl/N-ethyl adjacent to an activating group) is 1. The average molecular weight is 356 g/mol. The van der Waals surface area contributed by atoms with E-state index in [2.05, 4.69) is 76.4 Å². The molecule has 1 aliphatic rings. The summed E-state index contributed by atoms with van der Waals surface area (Å²) in [6.45, 7) is 22.9. The topological polar surface area (TPSA) is 3.24 Å². The van der Waals surface area contributed by atoms with Crippen LogP contribution in [-0.2, 0) is 0 Å². The van der Waals surface area contributed by atoms with Crippen LogP contribution in [0.15, 0.2) is 109 Å². The first-order chi connectivity index (χ1) is 12.9. The number of aryl methyl sites for hydroxylation is 1. The second-order valence-electron chi connectivity index (χ2n) is 6.56. The molecule has 0 N–H and O–H groups in total. The average Bonchev–Trinajstić information content (AvgIpc) is 2.74. The van der Waals surface area contributed by atoms with Crippen LogP contribution in [0.1, 0.15) is 23.6 Å². The molecule has 0 amide bonds. The van der Waals surface area contributed by atoms with E-state index in [9.17, 15) is 0 Å². The van der Waals surface area contributed by atoms with Gasteiger partial charge in [-0.3, -0.25) is 0 Å². The van der Waals surface area contributed by atoms with Gasteiger partial charge in [-0.15, -0.1) is 0 Å². The zero-order chi connectivity index (χ0) is 20.1. The van der Waals surface area contributed by atoms with E-state index in [1.807, 2.05) is 37.3 Å². The van der Waals surface area contributed by atoms with Gasteiger partial charge in [0, 0.05) is 24.0 Å². The lowest BCUT2D eigenvalue weighted by Crippen LogP contribution is -2.17. The van der Waals surface area contributed by atoms with Gasteiger partial charge in [-0.2, -0.15) is 0 Å². The third kappa shape index (κ3) is 3.59. The third-order valence-corrected chi connectivity index (χ3v) is 5.09. The van der Waals surface area contributed by atoms with Crippen molar-refractivity contribution in [2.24, 2.45) is 0 Å². The number of nitrogens with zero attached hydrogens (tertiary/aromatic N) is 1. The number of hydrogen-bond acceptors (Lipinski definition) is 1. The Hall–Kier alpha value is -3.06. The van der Waals surface area contributed by atoms with E-state index in [0.717, 1.165) is 33.7 Å². The minimum atomic E-state index is 0.917. The van der Waals surface area contributed by atoms with Crippen molar-refractivity contribution < 1.29 is 0 Å². The molecule has 0 unspecified atom stereocenters. The molecule has 1 nitrogen and oxygen atoms in total. The van der Waals surface area contributed by atoms with Crippen LogP contribution < -0.4 is 0 Å². The number of allylic oxidation sites excluding steroid dienone is 9. The second-order valence-corrected chi connectivity index (χ2v) is 6.56. The highest BCUT2D eigenvalue weighted by atomic mass is 15.1. The molecule has 1 heteroatoms. The largest absolute Gasteiger partial charge is 0.344 e. The molecular formula is C26H29N. The van der Waals surface area contributed by atoms with Gasteiger partial charge in [-0.05, 0) is 66.3 Å². The summed E-state index contributed by atoms with van der Waals surface area (Å²) in [6.07, 6.45) is 11.8. The van der Waals surface area contributed by atoms with E-state index >= 15 is 0 Å². The van der Waals surface area contributed by atoms with Crippen LogP contribution in [0.25, 0.3) is 5.57 Å². The van der Waals surface area contributed by atoms with Crippen molar-refractivity contribution in [3.05, 3.63) is 126 Å². The fourth-order valence-corrected chi connectivity index (χ4v) is 3.46. The Morgan fingerprint density at radius 3 is 2.19 bits per heavy atom. The van der Waals surface area contributed by atoms with Crippen LogP contribution in [0.5, 0.6) is 0 Å². The summed E-state index contributed by atoms with van der Waals surface area (Å²) < 4.78 is 0. The normalized spacial score (nSPS) is 17.0. The molecule has 0 atom stereocenters. The first kappa shape index (κ1) is 20.3. The summed E-state index contributed by atoms with van der Waals surface area (Å²) in [4.78, 5) is 2.15. The van der Waals surface area contributed by atoms with Gasteiger partial charge in [0.25, 0.3) is 0 Å². The highest BCUT2D eigenvalue weighted by Crippen LogP contribution is 2.41. The van der Waals surface area contributed by atoms with Crippen molar-refractivity contribution in [3.8, 4) is 0 Å². The van der Waals surface area contributed by atoms with Crippen molar-refractivity contribution in [1.82, 2.24) is 4.90 Å². The van der Waals surface area contributed by atoms with Gasteiger partial charge in [0.15, 0.2) is 0 Å². The van der Waals surface area contributed by atoms with Gasteiger partial charge in [0.05, 0.1) is 0 Å². The molecule has 1 heterocycles. The number of rotatable bonds is 5. The first-order valence-corrected chi connectivity index (χ1v) is 9.12. The monoisotopic (exact) mass is 355 g/mol. The van der Waals surface area contributed by atoms with E-state index in [4.69, 9.17) is 0 Å². The molecule has 138 valence electrons. The predicted molar refractivity (Wildman–Crippen MR) is 120 cm³/mol. The van der Waals surface area contributed by atoms with Crippen LogP contribution in [0, 0.1) is 13.8 Å². The first-order valence-electron chi connectivity index (χ1n) is 9.12. The van der Waals surface area contributed by atoms with Crippen LogP contribution in [-0.4, -0.2) is 11.9 Å². The van der Waals surface area contributed by atoms with E-state index in [1.54, 1.807) is 0 Å². The Morgan fingerprint density at radius 1 is 0.963 bits per heavy atom. The Kier molecular flexibility index (Phi) is 6.41. The lowest BCUT2D eigenvalue weighted by Gasteiger charge is -2.25. The highest BCUT2D eigenvalue weighted by Gasteiger charge is 2.26. The van der Waals surface area contributed by atoms with Crippen LogP contribution >= 0.6 is 0 Å². The molecule has 0 aliphatic carbocycles. The smallest absolute Gasteiger partial charge is 0.0488 e. The highest BCUT2D eigenvalue weighted by molar-refractivity contribution is 5.90. The summed E-state index contributed by atoms with van der Waals surface area (Å²) in [5.41, 5.74) is 9.73. The van der Waals surface area contributed by atoms with Gasteiger partial charge in [-0.25, -0.2) is 0 Å². The molecule has 1 aliphatic heterocycles. The molecule has 1 aromatic carbocycles. The minimum absolute atomic E-state index is 0.917. The predicted octanol–water partition coefficient (Wildman–Crippen LogP) is 6.83. The summed E-state index contributed by atoms with van der Waals surface area (Å²) >= 11 is 0. The fraction of sp³-hybridized carbons (Fsp3) is 0.154. The lowest BCUT2D eigenvalue weighted by molar-refractivity contribution is 0.552. The van der Waals surface area contributed by atoms with Crippen LogP contribution in [0.3, 0.4) is 0 Å². The molecule has 2 rings (SSSR count). The molecule has 0 fully saturated rings. The van der Waals surface area contributed by atoms with Gasteiger partial charge in [0.2, 0.25) is 0 Å². The van der Waals surface area contributed by atoms with Crippen LogP contribution in [0.4, 0.5) is 0 Å². The van der Waals surface area contributed by atoms with Crippen molar-refractivity contribution in [1.29, 1.82) is 0 Å². The van der Waals surface area contributed by atoms with Crippen molar-refractivity contribution in [2.75, 3.05) is 7.05 Å². The Balaban J connectivity index is 3.02.